The smallest absolute Gasteiger partial charge is 0.237 e. The molecule has 3 atom stereocenters. The fraction of sp³-hybridized carbons (Fsp3) is 0.933. The number of β-amino-alcohol motifs (C(OH)–C–C–N with tert-alkyl or cyclic N) is 1. The molecule has 2 aliphatic rings. The number of aliphatic hydroxyl groups is 1. The van der Waals surface area contributed by atoms with Crippen LogP contribution in [0.15, 0.2) is 0 Å². The van der Waals surface area contributed by atoms with Gasteiger partial charge in [0.25, 0.3) is 0 Å². The molecule has 0 aromatic carbocycles. The molecule has 0 saturated carbocycles. The quantitative estimate of drug-likeness (QED) is 0.542. The lowest BCUT2D eigenvalue weighted by molar-refractivity contribution is -0.132. The Bertz CT molecular complexity index is 352. The van der Waals surface area contributed by atoms with E-state index < -0.39 is 11.6 Å². The van der Waals surface area contributed by atoms with Crippen LogP contribution < -0.4 is 11.1 Å². The van der Waals surface area contributed by atoms with Crippen molar-refractivity contribution >= 4 is 17.7 Å². The maximum atomic E-state index is 11.9. The highest BCUT2D eigenvalue weighted by molar-refractivity contribution is 7.99. The lowest BCUT2D eigenvalue weighted by Gasteiger charge is -2.43. The van der Waals surface area contributed by atoms with Gasteiger partial charge in [0, 0.05) is 31.4 Å². The van der Waals surface area contributed by atoms with Crippen molar-refractivity contribution in [1.82, 2.24) is 10.2 Å². The Morgan fingerprint density at radius 2 is 2.33 bits per heavy atom. The van der Waals surface area contributed by atoms with Crippen LogP contribution in [0.25, 0.3) is 0 Å². The van der Waals surface area contributed by atoms with Crippen molar-refractivity contribution in [3.63, 3.8) is 0 Å². The summed E-state index contributed by atoms with van der Waals surface area (Å²) < 4.78 is 0. The standard InChI is InChI=1S/C15H29N3O2S/c1-2-21-9-8-17-10-13(19)11-18-12-4-3-6-15(18,7-5-12)14(16)20/h12-13,17,19H,2-11H2,1H3,(H2,16,20)/t12?,13?,15-/m0/s1. The van der Waals surface area contributed by atoms with E-state index in [-0.39, 0.29) is 5.91 Å². The van der Waals surface area contributed by atoms with Gasteiger partial charge >= 0.3 is 0 Å². The number of primary amides is 1. The van der Waals surface area contributed by atoms with Gasteiger partial charge in [0.15, 0.2) is 0 Å². The molecule has 5 nitrogen and oxygen atoms in total. The van der Waals surface area contributed by atoms with Crippen LogP contribution in [0.3, 0.4) is 0 Å². The van der Waals surface area contributed by atoms with Crippen molar-refractivity contribution in [1.29, 1.82) is 0 Å². The monoisotopic (exact) mass is 315 g/mol. The maximum absolute atomic E-state index is 11.9. The molecule has 21 heavy (non-hydrogen) atoms. The minimum Gasteiger partial charge on any atom is -0.390 e. The molecule has 4 N–H and O–H groups in total. The highest BCUT2D eigenvalue weighted by Crippen LogP contribution is 2.43. The van der Waals surface area contributed by atoms with Gasteiger partial charge < -0.3 is 16.2 Å². The topological polar surface area (TPSA) is 78.6 Å². The van der Waals surface area contributed by atoms with Crippen molar-refractivity contribution in [2.75, 3.05) is 31.1 Å². The van der Waals surface area contributed by atoms with Crippen LogP contribution in [0.4, 0.5) is 0 Å². The summed E-state index contributed by atoms with van der Waals surface area (Å²) in [5, 5.41) is 13.5. The van der Waals surface area contributed by atoms with E-state index in [0.29, 0.717) is 19.1 Å². The SMILES string of the molecule is CCSCCNCC(O)CN1C2CCC[C@@]1(C(N)=O)CC2. The summed E-state index contributed by atoms with van der Waals surface area (Å²) in [4.78, 5) is 14.1. The highest BCUT2D eigenvalue weighted by Gasteiger charge is 2.52. The number of aliphatic hydroxyl groups excluding tert-OH is 1. The molecule has 2 heterocycles. The number of rotatable bonds is 9. The van der Waals surface area contributed by atoms with E-state index in [2.05, 4.69) is 17.1 Å². The van der Waals surface area contributed by atoms with Gasteiger partial charge in [-0.1, -0.05) is 6.92 Å². The average Bonchev–Trinajstić information content (AvgIpc) is 2.67. The van der Waals surface area contributed by atoms with Crippen LogP contribution in [-0.4, -0.2) is 64.7 Å². The summed E-state index contributed by atoms with van der Waals surface area (Å²) in [6.45, 7) is 4.21. The second-order valence-corrected chi connectivity index (χ2v) is 7.58. The zero-order valence-corrected chi connectivity index (χ0v) is 13.8. The summed E-state index contributed by atoms with van der Waals surface area (Å²) in [5.74, 6) is 1.99. The molecule has 2 unspecified atom stereocenters. The minimum absolute atomic E-state index is 0.204. The first-order chi connectivity index (χ1) is 10.1. The van der Waals surface area contributed by atoms with E-state index in [0.717, 1.165) is 50.2 Å². The van der Waals surface area contributed by atoms with Crippen LogP contribution in [0.1, 0.15) is 39.0 Å². The first-order valence-electron chi connectivity index (χ1n) is 8.13. The van der Waals surface area contributed by atoms with Gasteiger partial charge in [0.2, 0.25) is 5.91 Å². The minimum atomic E-state index is -0.484. The number of hydrogen-bond acceptors (Lipinski definition) is 5. The summed E-state index contributed by atoms with van der Waals surface area (Å²) >= 11 is 1.89. The largest absolute Gasteiger partial charge is 0.390 e. The third kappa shape index (κ3) is 3.92. The van der Waals surface area contributed by atoms with E-state index in [9.17, 15) is 9.90 Å². The summed E-state index contributed by atoms with van der Waals surface area (Å²) in [6.07, 6.45) is 4.52. The maximum Gasteiger partial charge on any atom is 0.237 e. The number of nitrogens with two attached hydrogens (primary N) is 1. The van der Waals surface area contributed by atoms with E-state index in [4.69, 9.17) is 5.73 Å². The van der Waals surface area contributed by atoms with Crippen molar-refractivity contribution < 1.29 is 9.90 Å². The van der Waals surface area contributed by atoms with E-state index in [1.807, 2.05) is 11.8 Å². The number of carbonyl (C=O) groups is 1. The van der Waals surface area contributed by atoms with Gasteiger partial charge in [-0.2, -0.15) is 11.8 Å². The number of hydrogen-bond donors (Lipinski definition) is 3. The Kier molecular flexibility index (Phi) is 6.34. The highest BCUT2D eigenvalue weighted by atomic mass is 32.2. The normalized spacial score (nSPS) is 30.5. The first kappa shape index (κ1) is 17.1. The average molecular weight is 315 g/mol. The molecule has 2 fully saturated rings. The fourth-order valence-electron chi connectivity index (χ4n) is 3.81. The van der Waals surface area contributed by atoms with E-state index in [1.54, 1.807) is 0 Å². The predicted octanol–water partition coefficient (Wildman–Crippen LogP) is 0.562. The van der Waals surface area contributed by atoms with E-state index in [1.165, 1.54) is 0 Å². The summed E-state index contributed by atoms with van der Waals surface area (Å²) in [7, 11) is 0. The van der Waals surface area contributed by atoms with Crippen LogP contribution in [0, 0.1) is 0 Å². The van der Waals surface area contributed by atoms with Gasteiger partial charge in [-0.25, -0.2) is 0 Å². The molecule has 2 aliphatic heterocycles. The number of carbonyl (C=O) groups excluding carboxylic acids is 1. The summed E-state index contributed by atoms with van der Waals surface area (Å²) in [5.41, 5.74) is 5.20. The number of nitrogens with zero attached hydrogens (tertiary/aromatic N) is 1. The Labute approximate surface area is 132 Å². The molecule has 122 valence electrons. The van der Waals surface area contributed by atoms with Crippen LogP contribution >= 0.6 is 11.8 Å². The van der Waals surface area contributed by atoms with Crippen molar-refractivity contribution in [2.24, 2.45) is 5.73 Å². The molecule has 0 aromatic heterocycles. The molecule has 0 radical (unpaired) electrons. The molecule has 2 rings (SSSR count). The fourth-order valence-corrected chi connectivity index (χ4v) is 4.39. The Hall–Kier alpha value is -0.300. The second-order valence-electron chi connectivity index (χ2n) is 6.19. The van der Waals surface area contributed by atoms with Crippen LogP contribution in [0.2, 0.25) is 0 Å². The molecule has 0 aromatic rings. The zero-order valence-electron chi connectivity index (χ0n) is 13.0. The lowest BCUT2D eigenvalue weighted by Crippen LogP contribution is -2.60. The molecular weight excluding hydrogens is 286 g/mol. The lowest BCUT2D eigenvalue weighted by atomic mass is 9.87. The number of fused-ring (bicyclic) bond motifs is 2. The van der Waals surface area contributed by atoms with Crippen LogP contribution in [-0.2, 0) is 4.79 Å². The molecule has 2 saturated heterocycles. The van der Waals surface area contributed by atoms with Gasteiger partial charge in [0.1, 0.15) is 5.54 Å². The van der Waals surface area contributed by atoms with Crippen molar-refractivity contribution in [3.05, 3.63) is 0 Å². The van der Waals surface area contributed by atoms with Crippen molar-refractivity contribution in [3.8, 4) is 0 Å². The molecule has 0 aliphatic carbocycles. The molecule has 1 amide bonds. The Morgan fingerprint density at radius 1 is 1.52 bits per heavy atom. The number of nitrogens with one attached hydrogen (secondary N) is 1. The predicted molar refractivity (Wildman–Crippen MR) is 87.4 cm³/mol. The Balaban J connectivity index is 1.82. The number of piperidine rings is 1. The second kappa shape index (κ2) is 7.81. The van der Waals surface area contributed by atoms with E-state index >= 15 is 0 Å². The molecule has 0 spiro atoms. The van der Waals surface area contributed by atoms with Gasteiger partial charge in [-0.05, 0) is 37.9 Å². The third-order valence-corrected chi connectivity index (χ3v) is 5.78. The zero-order chi connectivity index (χ0) is 15.3. The van der Waals surface area contributed by atoms with Crippen LogP contribution in [0.5, 0.6) is 0 Å². The van der Waals surface area contributed by atoms with Gasteiger partial charge in [-0.15, -0.1) is 0 Å². The van der Waals surface area contributed by atoms with Gasteiger partial charge in [-0.3, -0.25) is 9.69 Å². The number of amides is 1. The first-order valence-corrected chi connectivity index (χ1v) is 9.29. The summed E-state index contributed by atoms with van der Waals surface area (Å²) in [6, 6.07) is 0.427. The van der Waals surface area contributed by atoms with Gasteiger partial charge in [0.05, 0.1) is 6.10 Å². The molecule has 2 bridgehead atoms. The molecular formula is C15H29N3O2S. The van der Waals surface area contributed by atoms with Crippen molar-refractivity contribution in [2.45, 2.75) is 56.7 Å². The third-order valence-electron chi connectivity index (χ3n) is 4.88. The molecule has 6 heteroatoms. The Morgan fingerprint density at radius 3 is 3.05 bits per heavy atom. The number of thioether (sulfide) groups is 1.